The number of aromatic nitrogens is 1. The lowest BCUT2D eigenvalue weighted by Gasteiger charge is -2.09. The maximum Gasteiger partial charge on any atom is 0.417 e. The quantitative estimate of drug-likeness (QED) is 0.552. The Hall–Kier alpha value is -2.84. The number of anilines is 1. The third-order valence-corrected chi connectivity index (χ3v) is 3.26. The summed E-state index contributed by atoms with van der Waals surface area (Å²) in [6.45, 7) is 0.593. The van der Waals surface area contributed by atoms with Crippen LogP contribution in [0.15, 0.2) is 42.6 Å². The van der Waals surface area contributed by atoms with Crippen LogP contribution in [0.2, 0.25) is 0 Å². The van der Waals surface area contributed by atoms with Crippen molar-refractivity contribution >= 4 is 11.7 Å². The van der Waals surface area contributed by atoms with E-state index in [1.54, 1.807) is 0 Å². The lowest BCUT2D eigenvalue weighted by molar-refractivity contribution is -0.137. The zero-order chi connectivity index (χ0) is 19.0. The van der Waals surface area contributed by atoms with Crippen LogP contribution in [0.1, 0.15) is 12.0 Å². The number of amides is 1. The van der Waals surface area contributed by atoms with Gasteiger partial charge < -0.3 is 15.4 Å². The first-order valence-electron chi connectivity index (χ1n) is 7.77. The summed E-state index contributed by atoms with van der Waals surface area (Å²) >= 11 is 0. The van der Waals surface area contributed by atoms with Crippen molar-refractivity contribution in [1.82, 2.24) is 10.3 Å². The number of alkyl halides is 3. The molecular weight excluding hydrogens is 354 g/mol. The second-order valence-electron chi connectivity index (χ2n) is 5.30. The molecule has 5 nitrogen and oxygen atoms in total. The Morgan fingerprint density at radius 1 is 1.08 bits per heavy atom. The molecule has 9 heteroatoms. The van der Waals surface area contributed by atoms with E-state index in [1.807, 2.05) is 0 Å². The first-order chi connectivity index (χ1) is 12.3. The van der Waals surface area contributed by atoms with E-state index in [0.29, 0.717) is 31.1 Å². The molecule has 2 aromatic rings. The molecule has 0 fully saturated rings. The van der Waals surface area contributed by atoms with Gasteiger partial charge >= 0.3 is 6.18 Å². The number of halogens is 4. The van der Waals surface area contributed by atoms with E-state index in [4.69, 9.17) is 4.74 Å². The molecule has 0 aliphatic carbocycles. The van der Waals surface area contributed by atoms with E-state index in [9.17, 15) is 22.4 Å². The summed E-state index contributed by atoms with van der Waals surface area (Å²) in [6, 6.07) is 7.50. The molecule has 1 heterocycles. The van der Waals surface area contributed by atoms with Crippen molar-refractivity contribution in [3.05, 3.63) is 54.0 Å². The number of rotatable bonds is 8. The van der Waals surface area contributed by atoms with Crippen LogP contribution in [0, 0.1) is 5.82 Å². The predicted octanol–water partition coefficient (Wildman–Crippen LogP) is 3.24. The molecule has 1 amide bonds. The van der Waals surface area contributed by atoms with E-state index < -0.39 is 17.6 Å². The minimum atomic E-state index is -4.41. The van der Waals surface area contributed by atoms with Gasteiger partial charge in [-0.3, -0.25) is 4.79 Å². The van der Waals surface area contributed by atoms with Gasteiger partial charge in [-0.1, -0.05) is 0 Å². The highest BCUT2D eigenvalue weighted by Crippen LogP contribution is 2.28. The molecule has 2 rings (SSSR count). The number of ether oxygens (including phenoxy) is 1. The Morgan fingerprint density at radius 2 is 1.81 bits per heavy atom. The van der Waals surface area contributed by atoms with Gasteiger partial charge in [-0.15, -0.1) is 0 Å². The Kier molecular flexibility index (Phi) is 6.76. The molecule has 1 aromatic heterocycles. The van der Waals surface area contributed by atoms with Crippen LogP contribution in [0.3, 0.4) is 0 Å². The van der Waals surface area contributed by atoms with E-state index in [2.05, 4.69) is 15.6 Å². The molecule has 0 saturated heterocycles. The van der Waals surface area contributed by atoms with Gasteiger partial charge in [0.2, 0.25) is 0 Å². The molecule has 0 atom stereocenters. The van der Waals surface area contributed by atoms with Crippen LogP contribution in [0.25, 0.3) is 0 Å². The van der Waals surface area contributed by atoms with E-state index >= 15 is 0 Å². The first kappa shape index (κ1) is 19.5. The number of carbonyl (C=O) groups is 1. The summed E-state index contributed by atoms with van der Waals surface area (Å²) in [4.78, 5) is 15.3. The maximum absolute atomic E-state index is 12.7. The van der Waals surface area contributed by atoms with Gasteiger partial charge in [-0.05, 0) is 42.8 Å². The Bertz CT molecular complexity index is 703. The Morgan fingerprint density at radius 3 is 2.42 bits per heavy atom. The third kappa shape index (κ3) is 6.58. The molecule has 2 N–H and O–H groups in total. The van der Waals surface area contributed by atoms with Gasteiger partial charge in [0.25, 0.3) is 5.91 Å². The average molecular weight is 371 g/mol. The van der Waals surface area contributed by atoms with Gasteiger partial charge in [-0.2, -0.15) is 13.2 Å². The minimum absolute atomic E-state index is 0.195. The van der Waals surface area contributed by atoms with Crippen molar-refractivity contribution < 1.29 is 27.1 Å². The van der Waals surface area contributed by atoms with Crippen molar-refractivity contribution in [2.75, 3.05) is 25.0 Å². The number of carbonyl (C=O) groups excluding carboxylic acids is 1. The molecule has 0 aliphatic rings. The van der Waals surface area contributed by atoms with Crippen LogP contribution in [-0.4, -0.2) is 30.6 Å². The number of hydrogen-bond acceptors (Lipinski definition) is 4. The maximum atomic E-state index is 12.7. The zero-order valence-corrected chi connectivity index (χ0v) is 13.6. The van der Waals surface area contributed by atoms with E-state index in [-0.39, 0.29) is 12.5 Å². The summed E-state index contributed by atoms with van der Waals surface area (Å²) in [5.74, 6) is -0.0145. The largest absolute Gasteiger partial charge is 0.484 e. The lowest BCUT2D eigenvalue weighted by atomic mass is 10.3. The van der Waals surface area contributed by atoms with Crippen LogP contribution < -0.4 is 15.4 Å². The Labute approximate surface area is 147 Å². The second-order valence-corrected chi connectivity index (χ2v) is 5.30. The summed E-state index contributed by atoms with van der Waals surface area (Å²) in [6.07, 6.45) is -3.10. The minimum Gasteiger partial charge on any atom is -0.484 e. The summed E-state index contributed by atoms with van der Waals surface area (Å²) in [5.41, 5.74) is -0.809. The molecule has 0 aliphatic heterocycles. The fourth-order valence-electron chi connectivity index (χ4n) is 1.93. The summed E-state index contributed by atoms with van der Waals surface area (Å²) in [7, 11) is 0. The summed E-state index contributed by atoms with van der Waals surface area (Å²) < 4.78 is 55.1. The average Bonchev–Trinajstić information content (AvgIpc) is 2.60. The molecule has 140 valence electrons. The van der Waals surface area contributed by atoms with Crippen molar-refractivity contribution in [2.24, 2.45) is 0 Å². The highest BCUT2D eigenvalue weighted by atomic mass is 19.4. The first-order valence-corrected chi connectivity index (χ1v) is 7.77. The molecule has 1 aromatic carbocycles. The van der Waals surface area contributed by atoms with Gasteiger partial charge in [0, 0.05) is 19.3 Å². The predicted molar refractivity (Wildman–Crippen MR) is 87.3 cm³/mol. The third-order valence-electron chi connectivity index (χ3n) is 3.26. The number of nitrogens with zero attached hydrogens (tertiary/aromatic N) is 1. The molecule has 0 bridgehead atoms. The normalized spacial score (nSPS) is 11.1. The Balaban J connectivity index is 1.59. The second kappa shape index (κ2) is 9.02. The van der Waals surface area contributed by atoms with Crippen LogP contribution in [-0.2, 0) is 11.0 Å². The molecule has 0 unspecified atom stereocenters. The number of benzene rings is 1. The fraction of sp³-hybridized carbons (Fsp3) is 0.294. The smallest absolute Gasteiger partial charge is 0.417 e. The van der Waals surface area contributed by atoms with Gasteiger partial charge in [0.05, 0.1) is 5.56 Å². The highest BCUT2D eigenvalue weighted by Gasteiger charge is 2.30. The molecule has 0 spiro atoms. The van der Waals surface area contributed by atoms with Crippen molar-refractivity contribution in [3.8, 4) is 5.75 Å². The van der Waals surface area contributed by atoms with Gasteiger partial charge in [-0.25, -0.2) is 9.37 Å². The van der Waals surface area contributed by atoms with Gasteiger partial charge in [0.15, 0.2) is 6.61 Å². The lowest BCUT2D eigenvalue weighted by Crippen LogP contribution is -2.30. The van der Waals surface area contributed by atoms with Gasteiger partial charge in [0.1, 0.15) is 17.4 Å². The zero-order valence-electron chi connectivity index (χ0n) is 13.6. The van der Waals surface area contributed by atoms with Crippen LogP contribution >= 0.6 is 0 Å². The standard InChI is InChI=1S/C17H17F4N3O2/c18-13-3-5-14(6-4-13)26-11-16(25)23-9-1-8-22-15-7-2-12(10-24-15)17(19,20)21/h2-7,10H,1,8-9,11H2,(H,22,24)(H,23,25). The van der Waals surface area contributed by atoms with Crippen molar-refractivity contribution in [2.45, 2.75) is 12.6 Å². The molecular formula is C17H17F4N3O2. The summed E-state index contributed by atoms with van der Waals surface area (Å²) in [5, 5.41) is 5.50. The van der Waals surface area contributed by atoms with Crippen molar-refractivity contribution in [1.29, 1.82) is 0 Å². The highest BCUT2D eigenvalue weighted by molar-refractivity contribution is 5.77. The van der Waals surface area contributed by atoms with Crippen molar-refractivity contribution in [3.63, 3.8) is 0 Å². The molecule has 0 saturated carbocycles. The van der Waals surface area contributed by atoms with E-state index in [1.165, 1.54) is 30.3 Å². The number of pyridine rings is 1. The fourth-order valence-corrected chi connectivity index (χ4v) is 1.93. The number of nitrogens with one attached hydrogen (secondary N) is 2. The van der Waals surface area contributed by atoms with Crippen LogP contribution in [0.4, 0.5) is 23.4 Å². The monoisotopic (exact) mass is 371 g/mol. The van der Waals surface area contributed by atoms with Crippen LogP contribution in [0.5, 0.6) is 5.75 Å². The topological polar surface area (TPSA) is 63.2 Å². The molecule has 26 heavy (non-hydrogen) atoms. The SMILES string of the molecule is O=C(COc1ccc(F)cc1)NCCCNc1ccc(C(F)(F)F)cn1. The molecule has 0 radical (unpaired) electrons. The number of hydrogen-bond donors (Lipinski definition) is 2. The van der Waals surface area contributed by atoms with E-state index in [0.717, 1.165) is 12.3 Å².